The molecule has 0 radical (unpaired) electrons. The van der Waals surface area contributed by atoms with E-state index in [1.54, 1.807) is 28.0 Å². The zero-order valence-corrected chi connectivity index (χ0v) is 8.83. The summed E-state index contributed by atoms with van der Waals surface area (Å²) in [5.41, 5.74) is 1.58. The standard InChI is InChI=1S/C10H14N4O/c1-3-14-7-9(5-12-14)10(15)8-4-11-13(2)6-8/h4-7,10,15H,3H2,1-2H3. The molecule has 0 aromatic carbocycles. The number of hydrogen-bond acceptors (Lipinski definition) is 3. The summed E-state index contributed by atoms with van der Waals surface area (Å²) < 4.78 is 3.46. The third-order valence-electron chi connectivity index (χ3n) is 2.33. The quantitative estimate of drug-likeness (QED) is 0.805. The Balaban J connectivity index is 2.23. The summed E-state index contributed by atoms with van der Waals surface area (Å²) in [7, 11) is 1.83. The second-order valence-electron chi connectivity index (χ2n) is 3.48. The van der Waals surface area contributed by atoms with Gasteiger partial charge in [0.25, 0.3) is 0 Å². The van der Waals surface area contributed by atoms with Crippen molar-refractivity contribution in [3.8, 4) is 0 Å². The summed E-state index contributed by atoms with van der Waals surface area (Å²) in [5, 5.41) is 18.1. The first-order valence-electron chi connectivity index (χ1n) is 4.89. The number of rotatable bonds is 3. The van der Waals surface area contributed by atoms with Crippen molar-refractivity contribution in [2.24, 2.45) is 7.05 Å². The van der Waals surface area contributed by atoms with Gasteiger partial charge in [0.05, 0.1) is 12.4 Å². The van der Waals surface area contributed by atoms with Gasteiger partial charge in [-0.15, -0.1) is 0 Å². The molecule has 0 aliphatic heterocycles. The van der Waals surface area contributed by atoms with Crippen LogP contribution in [-0.4, -0.2) is 24.7 Å². The molecule has 15 heavy (non-hydrogen) atoms. The molecule has 1 atom stereocenters. The summed E-state index contributed by atoms with van der Waals surface area (Å²) >= 11 is 0. The average Bonchev–Trinajstić information content (AvgIpc) is 2.84. The van der Waals surface area contributed by atoms with Gasteiger partial charge in [-0.1, -0.05) is 0 Å². The molecule has 2 heterocycles. The number of aromatic nitrogens is 4. The van der Waals surface area contributed by atoms with E-state index in [2.05, 4.69) is 10.2 Å². The molecule has 0 aliphatic carbocycles. The Morgan fingerprint density at radius 1 is 1.27 bits per heavy atom. The molecular weight excluding hydrogens is 192 g/mol. The Bertz CT molecular complexity index is 446. The second kappa shape index (κ2) is 3.86. The zero-order valence-electron chi connectivity index (χ0n) is 8.83. The Kier molecular flexibility index (Phi) is 2.55. The third-order valence-corrected chi connectivity index (χ3v) is 2.33. The first-order chi connectivity index (χ1) is 7.20. The lowest BCUT2D eigenvalue weighted by atomic mass is 10.1. The van der Waals surface area contributed by atoms with Crippen LogP contribution in [0.5, 0.6) is 0 Å². The number of hydrogen-bond donors (Lipinski definition) is 1. The molecule has 1 unspecified atom stereocenters. The van der Waals surface area contributed by atoms with Crippen LogP contribution in [-0.2, 0) is 13.6 Å². The lowest BCUT2D eigenvalue weighted by Crippen LogP contribution is -1.97. The molecule has 0 saturated heterocycles. The van der Waals surface area contributed by atoms with E-state index in [4.69, 9.17) is 0 Å². The molecule has 0 aliphatic rings. The average molecular weight is 206 g/mol. The Labute approximate surface area is 88.0 Å². The molecule has 80 valence electrons. The Hall–Kier alpha value is -1.62. The van der Waals surface area contributed by atoms with E-state index in [0.29, 0.717) is 0 Å². The fourth-order valence-corrected chi connectivity index (χ4v) is 1.47. The van der Waals surface area contributed by atoms with E-state index in [1.165, 1.54) is 0 Å². The molecule has 5 nitrogen and oxygen atoms in total. The molecule has 5 heteroatoms. The van der Waals surface area contributed by atoms with Crippen molar-refractivity contribution in [2.45, 2.75) is 19.6 Å². The minimum absolute atomic E-state index is 0.640. The van der Waals surface area contributed by atoms with Crippen molar-refractivity contribution in [3.63, 3.8) is 0 Å². The number of nitrogens with zero attached hydrogens (tertiary/aromatic N) is 4. The van der Waals surface area contributed by atoms with Gasteiger partial charge in [-0.2, -0.15) is 10.2 Å². The van der Waals surface area contributed by atoms with Crippen LogP contribution in [0.25, 0.3) is 0 Å². The van der Waals surface area contributed by atoms with Crippen LogP contribution >= 0.6 is 0 Å². The first kappa shape index (κ1) is 9.92. The van der Waals surface area contributed by atoms with E-state index in [1.807, 2.05) is 20.2 Å². The maximum Gasteiger partial charge on any atom is 0.110 e. The number of aliphatic hydroxyl groups is 1. The lowest BCUT2D eigenvalue weighted by molar-refractivity contribution is 0.220. The minimum Gasteiger partial charge on any atom is -0.383 e. The molecule has 2 aromatic heterocycles. The van der Waals surface area contributed by atoms with Crippen LogP contribution in [0.2, 0.25) is 0 Å². The van der Waals surface area contributed by atoms with Gasteiger partial charge in [0.1, 0.15) is 6.10 Å². The molecular formula is C10H14N4O. The monoisotopic (exact) mass is 206 g/mol. The summed E-state index contributed by atoms with van der Waals surface area (Å²) in [5.74, 6) is 0. The Morgan fingerprint density at radius 2 is 1.93 bits per heavy atom. The van der Waals surface area contributed by atoms with Gasteiger partial charge in [-0.3, -0.25) is 9.36 Å². The van der Waals surface area contributed by atoms with Gasteiger partial charge in [0, 0.05) is 37.1 Å². The molecule has 2 aromatic rings. The van der Waals surface area contributed by atoms with Crippen LogP contribution in [0.1, 0.15) is 24.2 Å². The molecule has 2 rings (SSSR count). The van der Waals surface area contributed by atoms with Gasteiger partial charge in [-0.25, -0.2) is 0 Å². The second-order valence-corrected chi connectivity index (χ2v) is 3.48. The fourth-order valence-electron chi connectivity index (χ4n) is 1.47. The molecule has 0 fully saturated rings. The molecule has 0 bridgehead atoms. The van der Waals surface area contributed by atoms with Crippen LogP contribution in [0.15, 0.2) is 24.8 Å². The van der Waals surface area contributed by atoms with Gasteiger partial charge in [0.2, 0.25) is 0 Å². The van der Waals surface area contributed by atoms with Crippen molar-refractivity contribution >= 4 is 0 Å². The highest BCUT2D eigenvalue weighted by Crippen LogP contribution is 2.20. The van der Waals surface area contributed by atoms with Crippen molar-refractivity contribution in [2.75, 3.05) is 0 Å². The van der Waals surface area contributed by atoms with Crippen molar-refractivity contribution in [1.29, 1.82) is 0 Å². The summed E-state index contributed by atoms with van der Waals surface area (Å²) in [4.78, 5) is 0. The molecule has 0 amide bonds. The van der Waals surface area contributed by atoms with Gasteiger partial charge < -0.3 is 5.11 Å². The van der Waals surface area contributed by atoms with Crippen LogP contribution in [0.3, 0.4) is 0 Å². The van der Waals surface area contributed by atoms with Gasteiger partial charge in [0.15, 0.2) is 0 Å². The van der Waals surface area contributed by atoms with Gasteiger partial charge >= 0.3 is 0 Å². The topological polar surface area (TPSA) is 55.9 Å². The smallest absolute Gasteiger partial charge is 0.110 e. The summed E-state index contributed by atoms with van der Waals surface area (Å²) in [6.07, 6.45) is 6.35. The Morgan fingerprint density at radius 3 is 2.47 bits per heavy atom. The number of aryl methyl sites for hydroxylation is 2. The summed E-state index contributed by atoms with van der Waals surface area (Å²) in [6, 6.07) is 0. The maximum atomic E-state index is 10.0. The predicted molar refractivity (Wildman–Crippen MR) is 55.2 cm³/mol. The highest BCUT2D eigenvalue weighted by atomic mass is 16.3. The molecule has 0 spiro atoms. The third kappa shape index (κ3) is 1.92. The van der Waals surface area contributed by atoms with Crippen molar-refractivity contribution < 1.29 is 5.11 Å². The summed E-state index contributed by atoms with van der Waals surface area (Å²) in [6.45, 7) is 2.81. The van der Waals surface area contributed by atoms with Crippen molar-refractivity contribution in [3.05, 3.63) is 35.9 Å². The first-order valence-corrected chi connectivity index (χ1v) is 4.89. The largest absolute Gasteiger partial charge is 0.383 e. The predicted octanol–water partition coefficient (Wildman–Crippen LogP) is 0.718. The fraction of sp³-hybridized carbons (Fsp3) is 0.400. The maximum absolute atomic E-state index is 10.0. The molecule has 1 N–H and O–H groups in total. The highest BCUT2D eigenvalue weighted by Gasteiger charge is 2.13. The number of aliphatic hydroxyl groups excluding tert-OH is 1. The van der Waals surface area contributed by atoms with E-state index in [9.17, 15) is 5.11 Å². The SMILES string of the molecule is CCn1cc(C(O)c2cnn(C)c2)cn1. The van der Waals surface area contributed by atoms with E-state index in [-0.39, 0.29) is 0 Å². The zero-order chi connectivity index (χ0) is 10.8. The highest BCUT2D eigenvalue weighted by molar-refractivity contribution is 5.22. The molecule has 0 saturated carbocycles. The van der Waals surface area contributed by atoms with Gasteiger partial charge in [-0.05, 0) is 6.92 Å². The van der Waals surface area contributed by atoms with Crippen LogP contribution in [0, 0.1) is 0 Å². The normalized spacial score (nSPS) is 13.0. The van der Waals surface area contributed by atoms with E-state index in [0.717, 1.165) is 17.7 Å². The lowest BCUT2D eigenvalue weighted by Gasteiger charge is -2.04. The van der Waals surface area contributed by atoms with E-state index < -0.39 is 6.10 Å². The minimum atomic E-state index is -0.640. The van der Waals surface area contributed by atoms with Crippen molar-refractivity contribution in [1.82, 2.24) is 19.6 Å². The van der Waals surface area contributed by atoms with Crippen LogP contribution < -0.4 is 0 Å². The van der Waals surface area contributed by atoms with E-state index >= 15 is 0 Å². The van der Waals surface area contributed by atoms with Crippen LogP contribution in [0.4, 0.5) is 0 Å².